The van der Waals surface area contributed by atoms with E-state index in [0.717, 1.165) is 2.43 Å². The number of rotatable bonds is 1. The van der Waals surface area contributed by atoms with Crippen molar-refractivity contribution in [3.63, 3.8) is 0 Å². The number of hydrogen-bond donors (Lipinski definition) is 0. The monoisotopic (exact) mass is 294 g/mol. The Labute approximate surface area is 59.9 Å². The fraction of sp³-hybridized carbons (Fsp3) is 1.00. The third kappa shape index (κ3) is 5.52. The lowest BCUT2D eigenvalue weighted by atomic mass is 10.1. The van der Waals surface area contributed by atoms with Crippen molar-refractivity contribution in [2.75, 3.05) is 0 Å². The van der Waals surface area contributed by atoms with Crippen LogP contribution in [0.4, 0.5) is 0 Å². The number of hydrogen-bond acceptors (Lipinski definition) is 0. The molecule has 0 aliphatic heterocycles. The van der Waals surface area contributed by atoms with Crippen molar-refractivity contribution in [2.24, 2.45) is 0 Å². The van der Waals surface area contributed by atoms with E-state index in [1.165, 1.54) is 6.32 Å². The van der Waals surface area contributed by atoms with E-state index in [9.17, 15) is 0 Å². The molecule has 0 unspecified atom stereocenters. The molecule has 0 aliphatic carbocycles. The second kappa shape index (κ2) is 3.71. The molecule has 0 aromatic heterocycles. The quantitative estimate of drug-likeness (QED) is 0.514. The topological polar surface area (TPSA) is 0 Å². The summed E-state index contributed by atoms with van der Waals surface area (Å²) in [6.07, 6.45) is 1.28. The molecule has 0 aliphatic rings. The van der Waals surface area contributed by atoms with Gasteiger partial charge in [-0.2, -0.15) is 0 Å². The van der Waals surface area contributed by atoms with Crippen molar-refractivity contribution in [3.8, 4) is 0 Å². The minimum Gasteiger partial charge on any atom is -0.134 e. The zero-order chi connectivity index (χ0) is 4.28. The van der Waals surface area contributed by atoms with Crippen molar-refractivity contribution in [1.82, 2.24) is 0 Å². The summed E-state index contributed by atoms with van der Waals surface area (Å²) >= 11 is 4.79. The average molecular weight is 294 g/mol. The van der Waals surface area contributed by atoms with Gasteiger partial charge in [0.25, 0.3) is 2.43 Å². The highest BCUT2D eigenvalue weighted by molar-refractivity contribution is 14.3. The average Bonchev–Trinajstić information content (AvgIpc) is 1.38. The molecule has 3 heteroatoms. The van der Waals surface area contributed by atoms with Gasteiger partial charge in [-0.1, -0.05) is 13.2 Å². The summed E-state index contributed by atoms with van der Waals surface area (Å²) in [7, 11) is 0. The van der Waals surface area contributed by atoms with E-state index >= 15 is 0 Å². The van der Waals surface area contributed by atoms with Gasteiger partial charge in [0, 0.05) is 0 Å². The SMILES string of the molecule is CCB(I)I. The Hall–Kier alpha value is 1.52. The van der Waals surface area contributed by atoms with Crippen LogP contribution >= 0.6 is 44.7 Å². The van der Waals surface area contributed by atoms with E-state index in [4.69, 9.17) is 0 Å². The molecular formula is C2H5BI2. The van der Waals surface area contributed by atoms with Crippen LogP contribution in [0.1, 0.15) is 6.92 Å². The van der Waals surface area contributed by atoms with Gasteiger partial charge in [-0.25, -0.2) is 0 Å². The number of halogens is 2. The first-order valence-corrected chi connectivity index (χ1v) is 4.04. The molecule has 0 bridgehead atoms. The molecule has 5 heavy (non-hydrogen) atoms. The second-order valence-electron chi connectivity index (χ2n) is 0.799. The van der Waals surface area contributed by atoms with Gasteiger partial charge in [0.15, 0.2) is 0 Å². The highest BCUT2D eigenvalue weighted by Crippen LogP contribution is 2.07. The largest absolute Gasteiger partial charge is 0.288 e. The Kier molecular flexibility index (Phi) is 4.84. The summed E-state index contributed by atoms with van der Waals surface area (Å²) in [5.41, 5.74) is 0. The molecule has 0 rings (SSSR count). The van der Waals surface area contributed by atoms with Gasteiger partial charge >= 0.3 is 0 Å². The van der Waals surface area contributed by atoms with Gasteiger partial charge in [-0.15, -0.1) is 44.7 Å². The fourth-order valence-corrected chi connectivity index (χ4v) is 0. The van der Waals surface area contributed by atoms with Gasteiger partial charge in [0.1, 0.15) is 0 Å². The Morgan fingerprint density at radius 2 is 1.80 bits per heavy atom. The molecule has 0 N–H and O–H groups in total. The predicted molar refractivity (Wildman–Crippen MR) is 44.3 cm³/mol. The summed E-state index contributed by atoms with van der Waals surface area (Å²) in [6, 6.07) is 0. The zero-order valence-corrected chi connectivity index (χ0v) is 7.36. The van der Waals surface area contributed by atoms with Gasteiger partial charge in [0.05, 0.1) is 0 Å². The lowest BCUT2D eigenvalue weighted by molar-refractivity contribution is 1.48. The molecule has 0 heterocycles. The van der Waals surface area contributed by atoms with Crippen LogP contribution in [0.3, 0.4) is 0 Å². The molecule has 0 nitrogen and oxygen atoms in total. The maximum atomic E-state index is 2.39. The maximum Gasteiger partial charge on any atom is 0.288 e. The molecule has 0 fully saturated rings. The Balaban J connectivity index is 2.54. The van der Waals surface area contributed by atoms with Crippen molar-refractivity contribution < 1.29 is 0 Å². The predicted octanol–water partition coefficient (Wildman–Crippen LogP) is 2.36. The molecule has 30 valence electrons. The van der Waals surface area contributed by atoms with Gasteiger partial charge < -0.3 is 0 Å². The summed E-state index contributed by atoms with van der Waals surface area (Å²) in [4.78, 5) is 0. The van der Waals surface area contributed by atoms with Crippen LogP contribution in [0.5, 0.6) is 0 Å². The molecule has 0 aromatic carbocycles. The summed E-state index contributed by atoms with van der Waals surface area (Å²) in [6.45, 7) is 2.18. The Bertz CT molecular complexity index is 21.6. The standard InChI is InChI=1S/C2H5BI2/c1-2-3(4)5/h2H2,1H3. The van der Waals surface area contributed by atoms with E-state index in [1.54, 1.807) is 0 Å². The van der Waals surface area contributed by atoms with Crippen molar-refractivity contribution in [2.45, 2.75) is 13.2 Å². The smallest absolute Gasteiger partial charge is 0.134 e. The van der Waals surface area contributed by atoms with Crippen LogP contribution in [0.15, 0.2) is 0 Å². The van der Waals surface area contributed by atoms with Crippen molar-refractivity contribution >= 4 is 47.2 Å². The van der Waals surface area contributed by atoms with Crippen LogP contribution in [-0.4, -0.2) is 2.43 Å². The summed E-state index contributed by atoms with van der Waals surface area (Å²) in [5.74, 6) is 0. The normalized spacial score (nSPS) is 7.80. The summed E-state index contributed by atoms with van der Waals surface area (Å²) in [5, 5.41) is 0. The Morgan fingerprint density at radius 3 is 1.80 bits per heavy atom. The summed E-state index contributed by atoms with van der Waals surface area (Å²) < 4.78 is 0.824. The second-order valence-corrected chi connectivity index (χ2v) is 6.19. The molecule has 0 saturated carbocycles. The Morgan fingerprint density at radius 1 is 1.60 bits per heavy atom. The van der Waals surface area contributed by atoms with Gasteiger partial charge in [-0.05, 0) is 0 Å². The lowest BCUT2D eigenvalue weighted by Gasteiger charge is -1.79. The molecule has 0 atom stereocenters. The highest BCUT2D eigenvalue weighted by atomic mass is 127. The lowest BCUT2D eigenvalue weighted by Crippen LogP contribution is -1.79. The van der Waals surface area contributed by atoms with E-state index in [0.29, 0.717) is 0 Å². The maximum absolute atomic E-state index is 2.39. The third-order valence-corrected chi connectivity index (χ3v) is 2.07. The third-order valence-electron chi connectivity index (χ3n) is 0.309. The molecule has 0 spiro atoms. The van der Waals surface area contributed by atoms with E-state index < -0.39 is 0 Å². The van der Waals surface area contributed by atoms with Crippen molar-refractivity contribution in [1.29, 1.82) is 0 Å². The molecule has 0 radical (unpaired) electrons. The van der Waals surface area contributed by atoms with Gasteiger partial charge in [-0.3, -0.25) is 0 Å². The van der Waals surface area contributed by atoms with Crippen LogP contribution in [0.2, 0.25) is 6.32 Å². The first-order chi connectivity index (χ1) is 2.27. The van der Waals surface area contributed by atoms with Crippen LogP contribution in [0.25, 0.3) is 0 Å². The first kappa shape index (κ1) is 6.52. The van der Waals surface area contributed by atoms with Crippen molar-refractivity contribution in [3.05, 3.63) is 0 Å². The van der Waals surface area contributed by atoms with Crippen LogP contribution in [-0.2, 0) is 0 Å². The molecule has 0 amide bonds. The van der Waals surface area contributed by atoms with Crippen LogP contribution < -0.4 is 0 Å². The van der Waals surface area contributed by atoms with Crippen LogP contribution in [0, 0.1) is 0 Å². The molecule has 0 saturated heterocycles. The van der Waals surface area contributed by atoms with E-state index in [2.05, 4.69) is 51.7 Å². The highest BCUT2D eigenvalue weighted by Gasteiger charge is 1.93. The molecule has 0 aromatic rings. The zero-order valence-electron chi connectivity index (χ0n) is 3.04. The fourth-order valence-electron chi connectivity index (χ4n) is 0. The molecular weight excluding hydrogens is 289 g/mol. The first-order valence-electron chi connectivity index (χ1n) is 1.55. The minimum absolute atomic E-state index is 0.824. The van der Waals surface area contributed by atoms with E-state index in [1.807, 2.05) is 0 Å². The minimum atomic E-state index is 0.824. The van der Waals surface area contributed by atoms with Gasteiger partial charge in [0.2, 0.25) is 0 Å². The van der Waals surface area contributed by atoms with E-state index in [-0.39, 0.29) is 0 Å².